The Hall–Kier alpha value is -1.28. The van der Waals surface area contributed by atoms with Gasteiger partial charge < -0.3 is 9.67 Å². The van der Waals surface area contributed by atoms with Gasteiger partial charge in [0, 0.05) is 18.8 Å². The summed E-state index contributed by atoms with van der Waals surface area (Å²) in [4.78, 5) is 0. The summed E-state index contributed by atoms with van der Waals surface area (Å²) in [6.07, 6.45) is 3.63. The Morgan fingerprint density at radius 2 is 2.13 bits per heavy atom. The zero-order valence-electron chi connectivity index (χ0n) is 9.27. The molecule has 0 fully saturated rings. The van der Waals surface area contributed by atoms with Gasteiger partial charge in [0.25, 0.3) is 0 Å². The lowest BCUT2D eigenvalue weighted by Gasteiger charge is -2.05. The van der Waals surface area contributed by atoms with Crippen molar-refractivity contribution in [3.8, 4) is 0 Å². The molecule has 0 saturated carbocycles. The SMILES string of the molecule is C[C@H](O)CCc1ccc2ccn(C)c2c1. The lowest BCUT2D eigenvalue weighted by Crippen LogP contribution is -2.01. The summed E-state index contributed by atoms with van der Waals surface area (Å²) in [5, 5.41) is 10.5. The number of aromatic nitrogens is 1. The Morgan fingerprint density at radius 3 is 2.87 bits per heavy atom. The van der Waals surface area contributed by atoms with Gasteiger partial charge in [0.2, 0.25) is 0 Å². The molecule has 0 aliphatic heterocycles. The molecule has 0 aliphatic rings. The van der Waals surface area contributed by atoms with Crippen LogP contribution in [0.1, 0.15) is 18.9 Å². The number of aliphatic hydroxyl groups is 1. The molecule has 1 aromatic carbocycles. The van der Waals surface area contributed by atoms with Gasteiger partial charge >= 0.3 is 0 Å². The van der Waals surface area contributed by atoms with E-state index in [1.165, 1.54) is 16.5 Å². The highest BCUT2D eigenvalue weighted by Gasteiger charge is 2.01. The minimum atomic E-state index is -0.214. The first-order valence-corrected chi connectivity index (χ1v) is 5.39. The van der Waals surface area contributed by atoms with Crippen LogP contribution in [0, 0.1) is 0 Å². The molecule has 0 unspecified atom stereocenters. The van der Waals surface area contributed by atoms with E-state index in [0.717, 1.165) is 12.8 Å². The third-order valence-electron chi connectivity index (χ3n) is 2.80. The number of aliphatic hydroxyl groups excluding tert-OH is 1. The highest BCUT2D eigenvalue weighted by Crippen LogP contribution is 2.17. The van der Waals surface area contributed by atoms with Crippen LogP contribution in [0.25, 0.3) is 10.9 Å². The van der Waals surface area contributed by atoms with Crippen molar-refractivity contribution >= 4 is 10.9 Å². The topological polar surface area (TPSA) is 25.2 Å². The second kappa shape index (κ2) is 4.07. The zero-order valence-corrected chi connectivity index (χ0v) is 9.27. The number of hydrogen-bond acceptors (Lipinski definition) is 1. The van der Waals surface area contributed by atoms with Crippen molar-refractivity contribution in [2.75, 3.05) is 0 Å². The van der Waals surface area contributed by atoms with Gasteiger partial charge in [0.05, 0.1) is 6.10 Å². The molecule has 1 aromatic heterocycles. The molecule has 0 aliphatic carbocycles. The van der Waals surface area contributed by atoms with E-state index in [4.69, 9.17) is 0 Å². The van der Waals surface area contributed by atoms with Crippen LogP contribution in [-0.2, 0) is 13.5 Å². The molecule has 80 valence electrons. The molecule has 0 bridgehead atoms. The third-order valence-corrected chi connectivity index (χ3v) is 2.80. The van der Waals surface area contributed by atoms with Gasteiger partial charge in [-0.2, -0.15) is 0 Å². The molecule has 0 saturated heterocycles. The highest BCUT2D eigenvalue weighted by atomic mass is 16.3. The normalized spacial score (nSPS) is 13.3. The van der Waals surface area contributed by atoms with Gasteiger partial charge in [-0.05, 0) is 42.8 Å². The summed E-state index contributed by atoms with van der Waals surface area (Å²) in [7, 11) is 2.06. The Kier molecular flexibility index (Phi) is 2.78. The summed E-state index contributed by atoms with van der Waals surface area (Å²) < 4.78 is 2.13. The maximum Gasteiger partial charge on any atom is 0.0515 e. The van der Waals surface area contributed by atoms with Crippen molar-refractivity contribution in [1.29, 1.82) is 0 Å². The van der Waals surface area contributed by atoms with Crippen LogP contribution in [-0.4, -0.2) is 15.8 Å². The van der Waals surface area contributed by atoms with Crippen molar-refractivity contribution in [3.63, 3.8) is 0 Å². The average molecular weight is 203 g/mol. The van der Waals surface area contributed by atoms with Crippen molar-refractivity contribution < 1.29 is 5.11 Å². The fourth-order valence-corrected chi connectivity index (χ4v) is 1.84. The Labute approximate surface area is 90.2 Å². The molecule has 0 radical (unpaired) electrons. The van der Waals surface area contributed by atoms with E-state index in [9.17, 15) is 5.11 Å². The molecular weight excluding hydrogens is 186 g/mol. The maximum atomic E-state index is 9.24. The molecule has 2 nitrogen and oxygen atoms in total. The molecule has 2 heteroatoms. The van der Waals surface area contributed by atoms with Crippen LogP contribution in [0.3, 0.4) is 0 Å². The van der Waals surface area contributed by atoms with Gasteiger partial charge in [-0.3, -0.25) is 0 Å². The molecule has 15 heavy (non-hydrogen) atoms. The summed E-state index contributed by atoms with van der Waals surface area (Å²) in [5.41, 5.74) is 2.56. The second-order valence-electron chi connectivity index (χ2n) is 4.21. The van der Waals surface area contributed by atoms with E-state index >= 15 is 0 Å². The monoisotopic (exact) mass is 203 g/mol. The first-order valence-electron chi connectivity index (χ1n) is 5.39. The van der Waals surface area contributed by atoms with Gasteiger partial charge in [-0.1, -0.05) is 12.1 Å². The summed E-state index contributed by atoms with van der Waals surface area (Å²) in [5.74, 6) is 0. The molecule has 0 amide bonds. The third kappa shape index (κ3) is 2.21. The number of benzene rings is 1. The molecule has 2 rings (SSSR count). The van der Waals surface area contributed by atoms with E-state index in [1.54, 1.807) is 0 Å². The largest absolute Gasteiger partial charge is 0.393 e. The lowest BCUT2D eigenvalue weighted by molar-refractivity contribution is 0.185. The number of aryl methyl sites for hydroxylation is 2. The fraction of sp³-hybridized carbons (Fsp3) is 0.385. The minimum absolute atomic E-state index is 0.214. The average Bonchev–Trinajstić information content (AvgIpc) is 2.57. The Bertz CT molecular complexity index is 457. The zero-order chi connectivity index (χ0) is 10.8. The van der Waals surface area contributed by atoms with Gasteiger partial charge in [-0.15, -0.1) is 0 Å². The number of nitrogens with zero attached hydrogens (tertiary/aromatic N) is 1. The van der Waals surface area contributed by atoms with Crippen LogP contribution >= 0.6 is 0 Å². The fourth-order valence-electron chi connectivity index (χ4n) is 1.84. The predicted molar refractivity (Wildman–Crippen MR) is 62.9 cm³/mol. The van der Waals surface area contributed by atoms with Gasteiger partial charge in [0.15, 0.2) is 0 Å². The summed E-state index contributed by atoms with van der Waals surface area (Å²) in [6.45, 7) is 1.83. The second-order valence-corrected chi connectivity index (χ2v) is 4.21. The molecule has 0 spiro atoms. The molecule has 1 N–H and O–H groups in total. The van der Waals surface area contributed by atoms with Gasteiger partial charge in [-0.25, -0.2) is 0 Å². The van der Waals surface area contributed by atoms with E-state index in [1.807, 2.05) is 6.92 Å². The molecule has 1 heterocycles. The highest BCUT2D eigenvalue weighted by molar-refractivity contribution is 5.80. The quantitative estimate of drug-likeness (QED) is 0.814. The number of hydrogen-bond donors (Lipinski definition) is 1. The van der Waals surface area contributed by atoms with Crippen LogP contribution in [0.15, 0.2) is 30.5 Å². The first kappa shape index (κ1) is 10.2. The van der Waals surface area contributed by atoms with Crippen molar-refractivity contribution in [1.82, 2.24) is 4.57 Å². The van der Waals surface area contributed by atoms with Crippen molar-refractivity contribution in [2.24, 2.45) is 7.05 Å². The minimum Gasteiger partial charge on any atom is -0.393 e. The molecule has 1 atom stereocenters. The van der Waals surface area contributed by atoms with Crippen LogP contribution in [0.2, 0.25) is 0 Å². The predicted octanol–water partition coefficient (Wildman–Crippen LogP) is 2.49. The number of fused-ring (bicyclic) bond motifs is 1. The van der Waals surface area contributed by atoms with E-state index in [0.29, 0.717) is 0 Å². The van der Waals surface area contributed by atoms with Crippen LogP contribution < -0.4 is 0 Å². The van der Waals surface area contributed by atoms with Crippen LogP contribution in [0.5, 0.6) is 0 Å². The molecular formula is C13H17NO. The lowest BCUT2D eigenvalue weighted by atomic mass is 10.1. The smallest absolute Gasteiger partial charge is 0.0515 e. The summed E-state index contributed by atoms with van der Waals surface area (Å²) >= 11 is 0. The number of rotatable bonds is 3. The van der Waals surface area contributed by atoms with E-state index < -0.39 is 0 Å². The summed E-state index contributed by atoms with van der Waals surface area (Å²) in [6, 6.07) is 8.61. The van der Waals surface area contributed by atoms with Gasteiger partial charge in [0.1, 0.15) is 0 Å². The van der Waals surface area contributed by atoms with Crippen molar-refractivity contribution in [2.45, 2.75) is 25.9 Å². The van der Waals surface area contributed by atoms with Crippen molar-refractivity contribution in [3.05, 3.63) is 36.0 Å². The van der Waals surface area contributed by atoms with E-state index in [-0.39, 0.29) is 6.10 Å². The Balaban J connectivity index is 2.25. The van der Waals surface area contributed by atoms with Crippen LogP contribution in [0.4, 0.5) is 0 Å². The maximum absolute atomic E-state index is 9.24. The standard InChI is InChI=1S/C13H17NO/c1-10(15)3-4-11-5-6-12-7-8-14(2)13(12)9-11/h5-10,15H,3-4H2,1-2H3/t10-/m0/s1. The molecule has 2 aromatic rings. The Morgan fingerprint density at radius 1 is 1.33 bits per heavy atom. The van der Waals surface area contributed by atoms with E-state index in [2.05, 4.69) is 42.1 Å². The first-order chi connectivity index (χ1) is 7.16.